The number of carboxylic acid groups (broad SMARTS) is 2. The van der Waals surface area contributed by atoms with Gasteiger partial charge in [-0.05, 0) is 116 Å². The minimum Gasteiger partial charge on any atom is -0.497 e. The number of benzene rings is 2. The highest BCUT2D eigenvalue weighted by Gasteiger charge is 2.63. The number of pyridine rings is 2. The van der Waals surface area contributed by atoms with Crippen LogP contribution in [0.1, 0.15) is 159 Å². The van der Waals surface area contributed by atoms with Crippen LogP contribution in [0.15, 0.2) is 83.6 Å². The molecule has 13 rings (SSSR count). The maximum atomic E-state index is 14.8. The Kier molecular flexibility index (Phi) is 29.5. The van der Waals surface area contributed by atoms with Gasteiger partial charge in [-0.15, -0.1) is 22.7 Å². The van der Waals surface area contributed by atoms with Crippen molar-refractivity contribution in [1.82, 2.24) is 59.6 Å². The van der Waals surface area contributed by atoms with Crippen molar-refractivity contribution >= 4 is 123 Å². The summed E-state index contributed by atoms with van der Waals surface area (Å²) in [6.45, 7) is 17.3. The van der Waals surface area contributed by atoms with E-state index in [4.69, 9.17) is 48.4 Å². The Bertz CT molecular complexity index is 5230. The van der Waals surface area contributed by atoms with Crippen LogP contribution in [0.4, 0.5) is 19.9 Å². The average Bonchev–Trinajstić information content (AvgIpc) is 1.58. The molecule has 5 fully saturated rings. The third kappa shape index (κ3) is 22.6. The highest BCUT2D eigenvalue weighted by molar-refractivity contribution is 7.89. The summed E-state index contributed by atoms with van der Waals surface area (Å²) in [5.74, 6) is -3.67. The van der Waals surface area contributed by atoms with Gasteiger partial charge in [0.1, 0.15) is 94.0 Å². The maximum absolute atomic E-state index is 14.8. The number of fused-ring (bicyclic) bond motifs is 6. The van der Waals surface area contributed by atoms with Gasteiger partial charge in [-0.2, -0.15) is 4.31 Å². The third-order valence-electron chi connectivity index (χ3n) is 23.5. The van der Waals surface area contributed by atoms with Gasteiger partial charge in [-0.25, -0.2) is 60.3 Å². The molecule has 0 spiro atoms. The maximum Gasteiger partial charge on any atom is 0.408 e. The molecule has 124 heavy (non-hydrogen) atoms. The number of thiazole rings is 2. The fraction of sp³-hybridized carbons (Fsp3) is 0.581. The summed E-state index contributed by atoms with van der Waals surface area (Å²) in [5.41, 5.74) is -0.247. The zero-order chi connectivity index (χ0) is 89.5. The standard InChI is InChI=1S/C43H57N7O10S2.C43H59N7O10S2/c1-25(2)37(23-49-16-11-17-62(49,56)57)60-42(55)47-31-13-10-8-6-7-9-12-27-21-43(27,40(53)54)48-38(51)35-19-29(22-50(35)39(31)52)59-36-20-33(34-24-61-41(46-34)44-26(3)4)45-32-18-28(58-5)14-15-30(32)36;1-25(2)44-40-46-33(24-61-40)32-20-35(29-17-16-27(58-7)18-31(29)45-32)59-28-19-34-37(51)48-43(39(53)54)21-26(43)14-12-10-9-11-13-15-30(38(52)50(34)22-28)47-41(55)60-36(42(3,4)5)23-49(6)62(8,56)57/h9,12,14-15,18,20,24-27,29,31,35,37H,6-8,10-11,13,16-17,19,21-23H2,1-5H3,(H,44,46)(H,47,55)(H,48,51)(H,53,54);12,14,16-18,20,24-26,28,30,34,36H,9-11,13,15,19,21-23H2,1-8H3,(H,44,46)(H,47,55)(H,48,51)(H,53,54)/b12-9-;14-12-/t27?,29-,31+,35+,37-,43-;26?,28-,30+,34+,36-,43-/m11/s1. The molecule has 5 aliphatic heterocycles. The number of aromatic nitrogens is 4. The predicted molar refractivity (Wildman–Crippen MR) is 469 cm³/mol. The lowest BCUT2D eigenvalue weighted by Crippen LogP contribution is -2.56. The van der Waals surface area contributed by atoms with Crippen molar-refractivity contribution in [1.29, 1.82) is 0 Å². The molecule has 2 saturated carbocycles. The molecule has 34 nitrogen and oxygen atoms in total. The van der Waals surface area contributed by atoms with Gasteiger partial charge in [-0.1, -0.05) is 84.6 Å². The van der Waals surface area contributed by atoms with E-state index < -0.39 is 145 Å². The van der Waals surface area contributed by atoms with E-state index in [2.05, 4.69) is 31.9 Å². The van der Waals surface area contributed by atoms with Crippen LogP contribution in [0.3, 0.4) is 0 Å². The highest BCUT2D eigenvalue weighted by Crippen LogP contribution is 2.48. The van der Waals surface area contributed by atoms with Gasteiger partial charge in [0.2, 0.25) is 43.7 Å². The summed E-state index contributed by atoms with van der Waals surface area (Å²) in [6.07, 6.45) is 10.6. The number of anilines is 2. The number of alkyl carbamates (subject to hydrolysis) is 2. The number of carbonyl (C=O) groups is 8. The number of ether oxygens (including phenoxy) is 6. The molecular weight excluding hydrogens is 1680 g/mol. The first-order chi connectivity index (χ1) is 58.7. The van der Waals surface area contributed by atoms with Gasteiger partial charge in [-0.3, -0.25) is 19.2 Å². The molecule has 6 aromatic rings. The van der Waals surface area contributed by atoms with E-state index in [1.54, 1.807) is 50.6 Å². The van der Waals surface area contributed by atoms with Crippen molar-refractivity contribution in [2.45, 2.75) is 230 Å². The molecule has 3 saturated heterocycles. The Hall–Kier alpha value is -10.0. The minimum atomic E-state index is -3.59. The number of nitrogens with zero attached hydrogens (tertiary/aromatic N) is 8. The zero-order valence-corrected chi connectivity index (χ0v) is 75.7. The normalized spacial score (nSPS) is 25.5. The molecule has 4 aromatic heterocycles. The van der Waals surface area contributed by atoms with Gasteiger partial charge in [0.25, 0.3) is 0 Å². The van der Waals surface area contributed by atoms with E-state index in [9.17, 15) is 65.4 Å². The van der Waals surface area contributed by atoms with Crippen molar-refractivity contribution in [3.05, 3.63) is 83.6 Å². The minimum absolute atomic E-state index is 0.00405. The number of rotatable bonds is 24. The Balaban J connectivity index is 0.000000226. The number of nitrogens with one attached hydrogen (secondary N) is 6. The average molecular weight is 1790 g/mol. The Labute approximate surface area is 731 Å². The van der Waals surface area contributed by atoms with Crippen LogP contribution >= 0.6 is 22.7 Å². The van der Waals surface area contributed by atoms with Crippen LogP contribution in [-0.4, -0.2) is 251 Å². The van der Waals surface area contributed by atoms with Crippen LogP contribution in [0.2, 0.25) is 0 Å². The van der Waals surface area contributed by atoms with Crippen molar-refractivity contribution in [2.24, 2.45) is 23.2 Å². The first kappa shape index (κ1) is 93.1. The van der Waals surface area contributed by atoms with Gasteiger partial charge in [0.15, 0.2) is 10.3 Å². The van der Waals surface area contributed by atoms with Crippen molar-refractivity contribution in [3.8, 4) is 45.8 Å². The second kappa shape index (κ2) is 39.3. The first-order valence-electron chi connectivity index (χ1n) is 42.4. The summed E-state index contributed by atoms with van der Waals surface area (Å²) >= 11 is 2.89. The third-order valence-corrected chi connectivity index (χ3v) is 28.3. The lowest BCUT2D eigenvalue weighted by Gasteiger charge is -2.34. The summed E-state index contributed by atoms with van der Waals surface area (Å²) < 4.78 is 88.3. The number of likely N-dealkylation sites (N-methyl/N-ethyl adjacent to an activating group) is 1. The second-order valence-electron chi connectivity index (χ2n) is 35.1. The number of methoxy groups -OCH3 is 2. The molecule has 9 heterocycles. The topological polar surface area (TPSA) is 437 Å². The fourth-order valence-corrected chi connectivity index (χ4v) is 19.7. The van der Waals surface area contributed by atoms with Crippen molar-refractivity contribution < 1.29 is 93.8 Å². The largest absolute Gasteiger partial charge is 0.497 e. The van der Waals surface area contributed by atoms with Gasteiger partial charge in [0.05, 0.1) is 74.8 Å². The number of hydrogen-bond acceptors (Lipinski definition) is 26. The zero-order valence-electron chi connectivity index (χ0n) is 72.4. The van der Waals surface area contributed by atoms with E-state index in [-0.39, 0.29) is 88.5 Å². The van der Waals surface area contributed by atoms with Gasteiger partial charge < -0.3 is 80.3 Å². The molecule has 2 aromatic carbocycles. The summed E-state index contributed by atoms with van der Waals surface area (Å²) in [6, 6.07) is 10.1. The number of sulfonamides is 2. The van der Waals surface area contributed by atoms with Crippen molar-refractivity contribution in [3.63, 3.8) is 0 Å². The summed E-state index contributed by atoms with van der Waals surface area (Å²) in [4.78, 5) is 133. The number of aliphatic carboxylic acids is 2. The van der Waals surface area contributed by atoms with Crippen molar-refractivity contribution in [2.75, 3.05) is 76.6 Å². The predicted octanol–water partition coefficient (Wildman–Crippen LogP) is 10.6. The Morgan fingerprint density at radius 3 is 1.48 bits per heavy atom. The first-order valence-corrected chi connectivity index (χ1v) is 47.6. The van der Waals surface area contributed by atoms with E-state index >= 15 is 0 Å². The highest BCUT2D eigenvalue weighted by atomic mass is 32.2. The van der Waals surface area contributed by atoms with E-state index in [1.807, 2.05) is 110 Å². The molecule has 6 amide bonds. The Morgan fingerprint density at radius 2 is 1.09 bits per heavy atom. The molecule has 2 aliphatic carbocycles. The number of allylic oxidation sites excluding steroid dienone is 2. The van der Waals surface area contributed by atoms with E-state index in [1.165, 1.54) is 43.8 Å². The molecule has 0 radical (unpaired) electrons. The van der Waals surface area contributed by atoms with E-state index in [0.717, 1.165) is 40.1 Å². The van der Waals surface area contributed by atoms with Crippen LogP contribution in [0.5, 0.6) is 23.0 Å². The SMILES string of the molecule is COc1ccc2c(O[C@@H]3C[C@H]4C(=O)N[C@]5(C(=O)O)CC5/C=C\CCCCC[C@H](NC(=O)O[C@H](CN(C)S(C)(=O)=O)C(C)(C)C)C(=O)N4C3)cc(-c3csc(NC(C)C)n3)nc2c1.COc1ccc2c(O[C@@H]3C[C@H]4C(=O)N[C@]5(C(=O)O)CC5/C=C\CCCCC[C@H](NC(=O)O[C@H](CN5CCCS5(=O)=O)C(C)C)C(=O)N4C3)cc(-c3csc(NC(C)C)n3)nc2c1. The molecule has 7 aliphatic rings. The van der Waals surface area contributed by atoms with E-state index in [0.29, 0.717) is 113 Å². The van der Waals surface area contributed by atoms with Gasteiger partial charge in [0, 0.05) is 102 Å². The number of hydrogen-bond donors (Lipinski definition) is 8. The smallest absolute Gasteiger partial charge is 0.408 e. The lowest BCUT2D eigenvalue weighted by atomic mass is 9.89. The molecule has 12 atom stereocenters. The van der Waals surface area contributed by atoms with Crippen LogP contribution in [0.25, 0.3) is 44.6 Å². The van der Waals surface area contributed by atoms with Crippen LogP contribution < -0.4 is 50.8 Å². The van der Waals surface area contributed by atoms with Crippen LogP contribution in [-0.2, 0) is 58.3 Å². The van der Waals surface area contributed by atoms with Gasteiger partial charge >= 0.3 is 24.1 Å². The Morgan fingerprint density at radius 1 is 0.637 bits per heavy atom. The lowest BCUT2D eigenvalue weighted by molar-refractivity contribution is -0.146. The number of carbonyl (C=O) groups excluding carboxylic acids is 6. The number of carboxylic acids is 2. The quantitative estimate of drug-likeness (QED) is 0.0261. The molecule has 674 valence electrons. The molecule has 38 heteroatoms. The molecular formula is C86H116N14O20S4. The fourth-order valence-electron chi connectivity index (χ4n) is 16.1. The second-order valence-corrected chi connectivity index (χ2v) is 41.0. The molecule has 2 unspecified atom stereocenters. The molecule has 8 N–H and O–H groups in total. The number of amides is 6. The summed E-state index contributed by atoms with van der Waals surface area (Å²) in [7, 11) is -2.52. The summed E-state index contributed by atoms with van der Waals surface area (Å²) in [5, 5.41) is 45.0. The molecule has 0 bridgehead atoms. The monoisotopic (exact) mass is 1790 g/mol. The van der Waals surface area contributed by atoms with Crippen LogP contribution in [0, 0.1) is 23.2 Å².